The Balaban J connectivity index is 1.59. The van der Waals surface area contributed by atoms with Crippen LogP contribution in [-0.4, -0.2) is 19.6 Å². The summed E-state index contributed by atoms with van der Waals surface area (Å²) in [6.07, 6.45) is 7.48. The van der Waals surface area contributed by atoms with E-state index in [1.165, 1.54) is 6.07 Å². The number of hydrogen-bond acceptors (Lipinski definition) is 4. The smallest absolute Gasteiger partial charge is 0.176 e. The fourth-order valence-electron chi connectivity index (χ4n) is 1.92. The van der Waals surface area contributed by atoms with Gasteiger partial charge in [0.2, 0.25) is 0 Å². The third kappa shape index (κ3) is 3.05. The highest BCUT2D eigenvalue weighted by molar-refractivity contribution is 7.10. The second-order valence-corrected chi connectivity index (χ2v) is 5.63. The lowest BCUT2D eigenvalue weighted by Gasteiger charge is -2.00. The fourth-order valence-corrected chi connectivity index (χ4v) is 2.58. The molecule has 3 heterocycles. The molecule has 0 radical (unpaired) electrons. The van der Waals surface area contributed by atoms with E-state index in [1.54, 1.807) is 16.9 Å². The van der Waals surface area contributed by atoms with E-state index in [1.807, 2.05) is 30.3 Å². The molecule has 20 heavy (non-hydrogen) atoms. The van der Waals surface area contributed by atoms with Crippen LogP contribution in [0.2, 0.25) is 0 Å². The van der Waals surface area contributed by atoms with Crippen LogP contribution in [0.15, 0.2) is 36.9 Å². The maximum Gasteiger partial charge on any atom is 0.176 e. The molecule has 3 rings (SSSR count). The first kappa shape index (κ1) is 12.9. The minimum absolute atomic E-state index is 0.158. The van der Waals surface area contributed by atoms with Crippen molar-refractivity contribution in [2.45, 2.75) is 13.1 Å². The summed E-state index contributed by atoms with van der Waals surface area (Å²) < 4.78 is 16.5. The van der Waals surface area contributed by atoms with E-state index in [0.29, 0.717) is 13.1 Å². The molecular formula is C13H14FN5S. The van der Waals surface area contributed by atoms with Crippen LogP contribution in [0.3, 0.4) is 0 Å². The summed E-state index contributed by atoms with van der Waals surface area (Å²) in [6, 6.07) is 3.26. The van der Waals surface area contributed by atoms with Gasteiger partial charge in [0.05, 0.1) is 24.6 Å². The number of aromatic nitrogens is 4. The molecule has 104 valence electrons. The minimum Gasteiger partial charge on any atom is -0.378 e. The minimum atomic E-state index is -0.158. The van der Waals surface area contributed by atoms with Gasteiger partial charge in [0.25, 0.3) is 0 Å². The van der Waals surface area contributed by atoms with Gasteiger partial charge >= 0.3 is 0 Å². The molecule has 0 aliphatic rings. The van der Waals surface area contributed by atoms with Crippen molar-refractivity contribution in [3.8, 4) is 0 Å². The van der Waals surface area contributed by atoms with Gasteiger partial charge in [0, 0.05) is 36.4 Å². The van der Waals surface area contributed by atoms with Gasteiger partial charge < -0.3 is 5.32 Å². The number of rotatable bonds is 5. The topological polar surface area (TPSA) is 47.7 Å². The lowest BCUT2D eigenvalue weighted by molar-refractivity contribution is 0.657. The highest BCUT2D eigenvalue weighted by Crippen LogP contribution is 2.16. The Morgan fingerprint density at radius 3 is 2.85 bits per heavy atom. The Labute approximate surface area is 119 Å². The van der Waals surface area contributed by atoms with Crippen molar-refractivity contribution < 1.29 is 4.39 Å². The summed E-state index contributed by atoms with van der Waals surface area (Å²) in [5, 5.41) is 11.5. The van der Waals surface area contributed by atoms with Crippen LogP contribution in [0.1, 0.15) is 10.4 Å². The van der Waals surface area contributed by atoms with E-state index in [4.69, 9.17) is 0 Å². The normalized spacial score (nSPS) is 10.9. The van der Waals surface area contributed by atoms with Gasteiger partial charge in [-0.1, -0.05) is 0 Å². The number of thiophene rings is 1. The predicted molar refractivity (Wildman–Crippen MR) is 76.1 cm³/mol. The molecular weight excluding hydrogens is 277 g/mol. The molecule has 0 bridgehead atoms. The molecule has 5 nitrogen and oxygen atoms in total. The van der Waals surface area contributed by atoms with Gasteiger partial charge in [0.15, 0.2) is 5.13 Å². The average molecular weight is 291 g/mol. The SMILES string of the molecule is Cn1cc(Cn2cc(NCc3ccc(F)s3)cn2)cn1. The van der Waals surface area contributed by atoms with E-state index in [-0.39, 0.29) is 5.13 Å². The van der Waals surface area contributed by atoms with E-state index in [2.05, 4.69) is 15.5 Å². The fraction of sp³-hybridized carbons (Fsp3) is 0.231. The monoisotopic (exact) mass is 291 g/mol. The van der Waals surface area contributed by atoms with Crippen LogP contribution >= 0.6 is 11.3 Å². The van der Waals surface area contributed by atoms with Crippen LogP contribution in [0.5, 0.6) is 0 Å². The number of nitrogens with zero attached hydrogens (tertiary/aromatic N) is 4. The average Bonchev–Trinajstić information content (AvgIpc) is 3.11. The highest BCUT2D eigenvalue weighted by atomic mass is 32.1. The molecule has 0 aromatic carbocycles. The van der Waals surface area contributed by atoms with E-state index < -0.39 is 0 Å². The first-order valence-corrected chi connectivity index (χ1v) is 6.99. The molecule has 0 saturated carbocycles. The molecule has 0 aliphatic carbocycles. The largest absolute Gasteiger partial charge is 0.378 e. The van der Waals surface area contributed by atoms with Gasteiger partial charge in [-0.2, -0.15) is 14.6 Å². The first-order chi connectivity index (χ1) is 9.69. The Morgan fingerprint density at radius 2 is 2.15 bits per heavy atom. The van der Waals surface area contributed by atoms with E-state index >= 15 is 0 Å². The van der Waals surface area contributed by atoms with Crippen molar-refractivity contribution in [1.29, 1.82) is 0 Å². The predicted octanol–water partition coefficient (Wildman–Crippen LogP) is 2.48. The summed E-state index contributed by atoms with van der Waals surface area (Å²) in [7, 11) is 1.89. The number of anilines is 1. The molecule has 0 amide bonds. The summed E-state index contributed by atoms with van der Waals surface area (Å²) in [6.45, 7) is 1.29. The molecule has 0 spiro atoms. The molecule has 0 fully saturated rings. The van der Waals surface area contributed by atoms with Crippen molar-refractivity contribution >= 4 is 17.0 Å². The van der Waals surface area contributed by atoms with Crippen molar-refractivity contribution in [3.63, 3.8) is 0 Å². The molecule has 3 aromatic rings. The number of aryl methyl sites for hydroxylation is 1. The Kier molecular flexibility index (Phi) is 3.51. The lowest BCUT2D eigenvalue weighted by Crippen LogP contribution is -1.99. The quantitative estimate of drug-likeness (QED) is 0.785. The summed E-state index contributed by atoms with van der Waals surface area (Å²) in [5.74, 6) is 0. The summed E-state index contributed by atoms with van der Waals surface area (Å²) >= 11 is 1.15. The summed E-state index contributed by atoms with van der Waals surface area (Å²) in [5.41, 5.74) is 2.02. The second kappa shape index (κ2) is 5.46. The molecule has 0 saturated heterocycles. The standard InChI is InChI=1S/C13H14FN5S/c1-18-7-10(4-16-18)8-19-9-11(5-17-19)15-6-12-2-3-13(14)20-12/h2-5,7,9,15H,6,8H2,1H3. The van der Waals surface area contributed by atoms with Crippen LogP contribution in [0.4, 0.5) is 10.1 Å². The summed E-state index contributed by atoms with van der Waals surface area (Å²) in [4.78, 5) is 0.961. The van der Waals surface area contributed by atoms with Crippen LogP contribution in [-0.2, 0) is 20.1 Å². The van der Waals surface area contributed by atoms with Crippen molar-refractivity contribution in [3.05, 3.63) is 52.5 Å². The molecule has 0 atom stereocenters. The van der Waals surface area contributed by atoms with Gasteiger partial charge in [-0.3, -0.25) is 9.36 Å². The molecule has 0 unspecified atom stereocenters. The van der Waals surface area contributed by atoms with Gasteiger partial charge in [-0.05, 0) is 12.1 Å². The maximum absolute atomic E-state index is 12.9. The number of halogens is 1. The van der Waals surface area contributed by atoms with Crippen LogP contribution in [0, 0.1) is 5.13 Å². The lowest BCUT2D eigenvalue weighted by atomic mass is 10.4. The zero-order valence-corrected chi connectivity index (χ0v) is 11.8. The Hall–Kier alpha value is -2.15. The zero-order valence-electron chi connectivity index (χ0n) is 11.0. The van der Waals surface area contributed by atoms with Gasteiger partial charge in [0.1, 0.15) is 0 Å². The van der Waals surface area contributed by atoms with Crippen molar-refractivity contribution in [2.75, 3.05) is 5.32 Å². The van der Waals surface area contributed by atoms with E-state index in [0.717, 1.165) is 27.5 Å². The highest BCUT2D eigenvalue weighted by Gasteiger charge is 2.03. The molecule has 7 heteroatoms. The Bertz CT molecular complexity index is 699. The third-order valence-corrected chi connectivity index (χ3v) is 3.71. The molecule has 0 aliphatic heterocycles. The Morgan fingerprint density at radius 1 is 1.25 bits per heavy atom. The van der Waals surface area contributed by atoms with Crippen molar-refractivity contribution in [2.24, 2.45) is 7.05 Å². The number of nitrogens with one attached hydrogen (secondary N) is 1. The van der Waals surface area contributed by atoms with Crippen LogP contribution < -0.4 is 5.32 Å². The first-order valence-electron chi connectivity index (χ1n) is 6.17. The van der Waals surface area contributed by atoms with Crippen LogP contribution in [0.25, 0.3) is 0 Å². The third-order valence-electron chi connectivity index (χ3n) is 2.83. The second-order valence-electron chi connectivity index (χ2n) is 4.51. The van der Waals surface area contributed by atoms with Gasteiger partial charge in [-0.25, -0.2) is 0 Å². The number of hydrogen-bond donors (Lipinski definition) is 1. The van der Waals surface area contributed by atoms with Crippen molar-refractivity contribution in [1.82, 2.24) is 19.6 Å². The van der Waals surface area contributed by atoms with Gasteiger partial charge in [-0.15, -0.1) is 11.3 Å². The van der Waals surface area contributed by atoms with E-state index in [9.17, 15) is 4.39 Å². The zero-order chi connectivity index (χ0) is 13.9. The maximum atomic E-state index is 12.9. The molecule has 3 aromatic heterocycles. The molecule has 1 N–H and O–H groups in total.